The second kappa shape index (κ2) is 3.31. The Labute approximate surface area is 77.0 Å². The number of pyridine rings is 1. The third-order valence-electron chi connectivity index (χ3n) is 1.76. The summed E-state index contributed by atoms with van der Waals surface area (Å²) in [6, 6.07) is 7.88. The van der Waals surface area contributed by atoms with Gasteiger partial charge in [0.25, 0.3) is 0 Å². The van der Waals surface area contributed by atoms with Gasteiger partial charge in [0.2, 0.25) is 0 Å². The summed E-state index contributed by atoms with van der Waals surface area (Å²) in [5, 5.41) is 0. The van der Waals surface area contributed by atoms with Crippen LogP contribution in [0.1, 0.15) is 5.69 Å². The number of nitrogens with zero attached hydrogens (tertiary/aromatic N) is 2. The average molecular weight is 173 g/mol. The molecule has 0 aromatic carbocycles. The van der Waals surface area contributed by atoms with Gasteiger partial charge in [-0.05, 0) is 31.2 Å². The highest BCUT2D eigenvalue weighted by Gasteiger charge is 1.91. The zero-order chi connectivity index (χ0) is 9.10. The number of anilines is 1. The quantitative estimate of drug-likeness (QED) is 0.753. The van der Waals surface area contributed by atoms with E-state index in [2.05, 4.69) is 10.4 Å². The molecule has 2 aromatic heterocycles. The maximum Gasteiger partial charge on any atom is 0.0579 e. The van der Waals surface area contributed by atoms with Crippen molar-refractivity contribution in [3.05, 3.63) is 48.5 Å². The molecular formula is C10H11N3. The zero-order valence-corrected chi connectivity index (χ0v) is 7.44. The zero-order valence-electron chi connectivity index (χ0n) is 7.44. The van der Waals surface area contributed by atoms with Crippen LogP contribution >= 0.6 is 0 Å². The second-order valence-corrected chi connectivity index (χ2v) is 2.89. The molecule has 0 aliphatic rings. The van der Waals surface area contributed by atoms with Crippen molar-refractivity contribution in [1.29, 1.82) is 0 Å². The average Bonchev–Trinajstić information content (AvgIpc) is 2.57. The highest BCUT2D eigenvalue weighted by atomic mass is 15.4. The van der Waals surface area contributed by atoms with E-state index in [1.165, 1.54) is 0 Å². The van der Waals surface area contributed by atoms with Gasteiger partial charge in [-0.3, -0.25) is 15.1 Å². The van der Waals surface area contributed by atoms with Gasteiger partial charge in [-0.15, -0.1) is 0 Å². The smallest absolute Gasteiger partial charge is 0.0579 e. The summed E-state index contributed by atoms with van der Waals surface area (Å²) in [6.45, 7) is 1.97. The van der Waals surface area contributed by atoms with Gasteiger partial charge in [0, 0.05) is 24.3 Å². The van der Waals surface area contributed by atoms with Gasteiger partial charge in [0.1, 0.15) is 0 Å². The highest BCUT2D eigenvalue weighted by molar-refractivity contribution is 5.42. The van der Waals surface area contributed by atoms with Crippen molar-refractivity contribution in [2.24, 2.45) is 0 Å². The van der Waals surface area contributed by atoms with Crippen LogP contribution in [-0.2, 0) is 0 Å². The molecule has 0 spiro atoms. The first kappa shape index (κ1) is 7.86. The lowest BCUT2D eigenvalue weighted by atomic mass is 10.3. The standard InChI is InChI=1S/C10H11N3/c1-9-8-10(4-5-11-9)12-13-6-2-3-7-13/h2-8H,1H3,(H,11,12). The van der Waals surface area contributed by atoms with Gasteiger partial charge in [-0.1, -0.05) is 0 Å². The Kier molecular flexibility index (Phi) is 2.00. The van der Waals surface area contributed by atoms with E-state index in [1.807, 2.05) is 48.3 Å². The molecule has 2 aromatic rings. The van der Waals surface area contributed by atoms with Crippen LogP contribution in [0.3, 0.4) is 0 Å². The first-order valence-corrected chi connectivity index (χ1v) is 4.17. The van der Waals surface area contributed by atoms with Crippen LogP contribution in [0.25, 0.3) is 0 Å². The summed E-state index contributed by atoms with van der Waals surface area (Å²) >= 11 is 0. The van der Waals surface area contributed by atoms with Crippen LogP contribution < -0.4 is 5.43 Å². The lowest BCUT2D eigenvalue weighted by Gasteiger charge is -2.06. The number of hydrogen-bond acceptors (Lipinski definition) is 2. The largest absolute Gasteiger partial charge is 0.295 e. The van der Waals surface area contributed by atoms with Crippen LogP contribution in [0.4, 0.5) is 5.69 Å². The Morgan fingerprint density at radius 3 is 2.77 bits per heavy atom. The fourth-order valence-electron chi connectivity index (χ4n) is 1.17. The normalized spacial score (nSPS) is 9.92. The van der Waals surface area contributed by atoms with Crippen molar-refractivity contribution in [1.82, 2.24) is 9.66 Å². The fourth-order valence-corrected chi connectivity index (χ4v) is 1.17. The summed E-state index contributed by atoms with van der Waals surface area (Å²) in [7, 11) is 0. The number of aryl methyl sites for hydroxylation is 1. The predicted octanol–water partition coefficient (Wildman–Crippen LogP) is 2.07. The minimum Gasteiger partial charge on any atom is -0.295 e. The molecular weight excluding hydrogens is 162 g/mol. The van der Waals surface area contributed by atoms with E-state index in [-0.39, 0.29) is 0 Å². The Morgan fingerprint density at radius 2 is 2.08 bits per heavy atom. The molecule has 2 heterocycles. The Hall–Kier alpha value is -1.77. The van der Waals surface area contributed by atoms with Crippen molar-refractivity contribution in [3.8, 4) is 0 Å². The molecule has 0 amide bonds. The lowest BCUT2D eigenvalue weighted by Crippen LogP contribution is -2.05. The van der Waals surface area contributed by atoms with Crippen molar-refractivity contribution < 1.29 is 0 Å². The van der Waals surface area contributed by atoms with Gasteiger partial charge in [0.05, 0.1) is 5.69 Å². The minimum atomic E-state index is 1.01. The van der Waals surface area contributed by atoms with Crippen LogP contribution in [0.5, 0.6) is 0 Å². The monoisotopic (exact) mass is 173 g/mol. The summed E-state index contributed by atoms with van der Waals surface area (Å²) in [5.74, 6) is 0. The third-order valence-corrected chi connectivity index (χ3v) is 1.76. The van der Waals surface area contributed by atoms with Gasteiger partial charge < -0.3 is 0 Å². The van der Waals surface area contributed by atoms with E-state index in [0.29, 0.717) is 0 Å². The molecule has 0 saturated carbocycles. The van der Waals surface area contributed by atoms with Gasteiger partial charge in [-0.2, -0.15) is 0 Å². The first-order chi connectivity index (χ1) is 6.34. The molecule has 0 bridgehead atoms. The van der Waals surface area contributed by atoms with Crippen molar-refractivity contribution in [3.63, 3.8) is 0 Å². The molecule has 66 valence electrons. The van der Waals surface area contributed by atoms with E-state index >= 15 is 0 Å². The number of aromatic nitrogens is 2. The SMILES string of the molecule is Cc1cc(Nn2cccc2)ccn1. The topological polar surface area (TPSA) is 29.9 Å². The van der Waals surface area contributed by atoms with Crippen molar-refractivity contribution in [2.45, 2.75) is 6.92 Å². The van der Waals surface area contributed by atoms with Crippen LogP contribution in [-0.4, -0.2) is 9.66 Å². The van der Waals surface area contributed by atoms with Crippen molar-refractivity contribution >= 4 is 5.69 Å². The molecule has 3 nitrogen and oxygen atoms in total. The van der Waals surface area contributed by atoms with Crippen LogP contribution in [0, 0.1) is 6.92 Å². The molecule has 3 heteroatoms. The Bertz CT molecular complexity index is 379. The Morgan fingerprint density at radius 1 is 1.31 bits per heavy atom. The van der Waals surface area contributed by atoms with Crippen LogP contribution in [0.15, 0.2) is 42.9 Å². The summed E-state index contributed by atoms with van der Waals surface area (Å²) in [6.07, 6.45) is 5.70. The minimum absolute atomic E-state index is 1.01. The van der Waals surface area contributed by atoms with E-state index < -0.39 is 0 Å². The molecule has 0 saturated heterocycles. The molecule has 0 radical (unpaired) electrons. The fraction of sp³-hybridized carbons (Fsp3) is 0.100. The maximum absolute atomic E-state index is 4.12. The summed E-state index contributed by atoms with van der Waals surface area (Å²) < 4.78 is 1.90. The van der Waals surface area contributed by atoms with Gasteiger partial charge >= 0.3 is 0 Å². The molecule has 0 aliphatic heterocycles. The van der Waals surface area contributed by atoms with Gasteiger partial charge in [-0.25, -0.2) is 0 Å². The molecule has 0 aliphatic carbocycles. The number of hydrogen-bond donors (Lipinski definition) is 1. The molecule has 0 atom stereocenters. The van der Waals surface area contributed by atoms with Crippen LogP contribution in [0.2, 0.25) is 0 Å². The van der Waals surface area contributed by atoms with Crippen molar-refractivity contribution in [2.75, 3.05) is 5.43 Å². The summed E-state index contributed by atoms with van der Waals surface area (Å²) in [5.41, 5.74) is 5.26. The Balaban J connectivity index is 2.19. The molecule has 13 heavy (non-hydrogen) atoms. The van der Waals surface area contributed by atoms with Gasteiger partial charge in [0.15, 0.2) is 0 Å². The lowest BCUT2D eigenvalue weighted by molar-refractivity contribution is 0.967. The first-order valence-electron chi connectivity index (χ1n) is 4.17. The molecule has 1 N–H and O–H groups in total. The third kappa shape index (κ3) is 1.87. The van der Waals surface area contributed by atoms with E-state index in [0.717, 1.165) is 11.4 Å². The number of rotatable bonds is 2. The van der Waals surface area contributed by atoms with E-state index in [1.54, 1.807) is 6.20 Å². The van der Waals surface area contributed by atoms with E-state index in [4.69, 9.17) is 0 Å². The molecule has 2 rings (SSSR count). The van der Waals surface area contributed by atoms with E-state index in [9.17, 15) is 0 Å². The predicted molar refractivity (Wildman–Crippen MR) is 52.4 cm³/mol. The highest BCUT2D eigenvalue weighted by Crippen LogP contribution is 2.07. The second-order valence-electron chi connectivity index (χ2n) is 2.89. The maximum atomic E-state index is 4.12. The molecule has 0 fully saturated rings. The molecule has 0 unspecified atom stereocenters. The summed E-state index contributed by atoms with van der Waals surface area (Å²) in [4.78, 5) is 4.12. The number of nitrogens with one attached hydrogen (secondary N) is 1.